The van der Waals surface area contributed by atoms with Crippen LogP contribution in [0.25, 0.3) is 21.6 Å². The number of para-hydroxylation sites is 3. The number of halogens is 1. The van der Waals surface area contributed by atoms with Gasteiger partial charge in [0, 0.05) is 32.9 Å². The molecule has 0 bridgehead atoms. The van der Waals surface area contributed by atoms with E-state index in [-0.39, 0.29) is 0 Å². The van der Waals surface area contributed by atoms with Gasteiger partial charge in [0.05, 0.1) is 22.1 Å². The summed E-state index contributed by atoms with van der Waals surface area (Å²) in [7, 11) is 0. The Kier molecular flexibility index (Phi) is 7.97. The summed E-state index contributed by atoms with van der Waals surface area (Å²) in [4.78, 5) is 5.73. The van der Waals surface area contributed by atoms with Crippen LogP contribution in [-0.4, -0.2) is 0 Å². The van der Waals surface area contributed by atoms with Crippen LogP contribution >= 0.6 is 22.9 Å². The summed E-state index contributed by atoms with van der Waals surface area (Å²) >= 11 is 9.30. The third-order valence-corrected chi connectivity index (χ3v) is 9.00. The summed E-state index contributed by atoms with van der Waals surface area (Å²) in [6, 6.07) is 58.8. The van der Waals surface area contributed by atoms with Crippen molar-refractivity contribution in [2.24, 2.45) is 0 Å². The number of nitrogens with zero attached hydrogens (tertiary/aromatic N) is 2. The molecule has 44 heavy (non-hydrogen) atoms. The van der Waals surface area contributed by atoms with Gasteiger partial charge in [-0.3, -0.25) is 0 Å². The Morgan fingerprint density at radius 1 is 0.386 bits per heavy atom. The van der Waals surface area contributed by atoms with Crippen LogP contribution in [0.2, 0.25) is 5.02 Å². The number of hydrogen-bond donors (Lipinski definition) is 0. The number of rotatable bonds is 8. The second kappa shape index (κ2) is 12.6. The van der Waals surface area contributed by atoms with E-state index in [1.165, 1.54) is 16.0 Å². The summed E-state index contributed by atoms with van der Waals surface area (Å²) in [6.07, 6.45) is 0. The maximum Gasteiger partial charge on any atom is 0.0887 e. The van der Waals surface area contributed by atoms with Gasteiger partial charge in [-0.1, -0.05) is 133 Å². The highest BCUT2D eigenvalue weighted by Crippen LogP contribution is 2.52. The molecule has 0 saturated heterocycles. The van der Waals surface area contributed by atoms with Crippen LogP contribution in [0.1, 0.15) is 0 Å². The second-order valence-electron chi connectivity index (χ2n) is 10.3. The Hall–Kier alpha value is -5.09. The number of hydrogen-bond acceptors (Lipinski definition) is 3. The van der Waals surface area contributed by atoms with Gasteiger partial charge in [0.1, 0.15) is 0 Å². The van der Waals surface area contributed by atoms with Crippen LogP contribution in [0, 0.1) is 0 Å². The van der Waals surface area contributed by atoms with Gasteiger partial charge in [0.2, 0.25) is 0 Å². The number of anilines is 6. The zero-order valence-electron chi connectivity index (χ0n) is 23.9. The summed E-state index contributed by atoms with van der Waals surface area (Å²) < 4.78 is 0. The zero-order valence-corrected chi connectivity index (χ0v) is 25.5. The molecule has 0 aliphatic carbocycles. The first kappa shape index (κ1) is 27.7. The molecule has 0 fully saturated rings. The van der Waals surface area contributed by atoms with Crippen LogP contribution < -0.4 is 9.80 Å². The predicted octanol–water partition coefficient (Wildman–Crippen LogP) is 12.7. The van der Waals surface area contributed by atoms with Crippen molar-refractivity contribution in [3.8, 4) is 21.6 Å². The topological polar surface area (TPSA) is 6.48 Å². The van der Waals surface area contributed by atoms with E-state index in [0.717, 1.165) is 39.7 Å². The highest BCUT2D eigenvalue weighted by molar-refractivity contribution is 7.14. The molecule has 4 heteroatoms. The van der Waals surface area contributed by atoms with Crippen LogP contribution in [0.5, 0.6) is 0 Å². The lowest BCUT2D eigenvalue weighted by atomic mass is 10.00. The molecule has 0 atom stereocenters. The second-order valence-corrected chi connectivity index (χ2v) is 11.6. The molecular formula is C40H29ClN2S. The SMILES string of the molecule is Clc1c(N(c2ccccc2)c2ccccc2)cccc1N(c1ccccc1)c1csc(-c2ccccc2)c1-c1ccccc1. The van der Waals surface area contributed by atoms with Crippen molar-refractivity contribution in [1.82, 2.24) is 0 Å². The van der Waals surface area contributed by atoms with Crippen molar-refractivity contribution >= 4 is 57.1 Å². The lowest BCUT2D eigenvalue weighted by molar-refractivity contribution is 1.25. The van der Waals surface area contributed by atoms with Crippen molar-refractivity contribution in [2.75, 3.05) is 9.80 Å². The third kappa shape index (κ3) is 5.40. The monoisotopic (exact) mass is 604 g/mol. The molecule has 0 saturated carbocycles. The van der Waals surface area contributed by atoms with E-state index in [1.54, 1.807) is 11.3 Å². The molecule has 1 aromatic heterocycles. The molecule has 7 aromatic rings. The quantitative estimate of drug-likeness (QED) is 0.170. The molecule has 6 aromatic carbocycles. The van der Waals surface area contributed by atoms with Gasteiger partial charge >= 0.3 is 0 Å². The molecule has 0 unspecified atom stereocenters. The van der Waals surface area contributed by atoms with Crippen molar-refractivity contribution in [3.05, 3.63) is 180 Å². The van der Waals surface area contributed by atoms with Gasteiger partial charge in [0.25, 0.3) is 0 Å². The van der Waals surface area contributed by atoms with E-state index < -0.39 is 0 Å². The Labute approximate surface area is 267 Å². The van der Waals surface area contributed by atoms with E-state index in [0.29, 0.717) is 5.02 Å². The maximum atomic E-state index is 7.54. The average Bonchev–Trinajstić information content (AvgIpc) is 3.53. The minimum atomic E-state index is 0.663. The van der Waals surface area contributed by atoms with E-state index >= 15 is 0 Å². The lowest BCUT2D eigenvalue weighted by Gasteiger charge is -2.31. The van der Waals surface area contributed by atoms with Gasteiger partial charge < -0.3 is 9.80 Å². The Morgan fingerprint density at radius 2 is 0.795 bits per heavy atom. The first-order valence-electron chi connectivity index (χ1n) is 14.6. The molecule has 2 nitrogen and oxygen atoms in total. The Bertz CT molecular complexity index is 1920. The molecule has 7 rings (SSSR count). The van der Waals surface area contributed by atoms with E-state index in [2.05, 4.69) is 167 Å². The zero-order chi connectivity index (χ0) is 29.7. The van der Waals surface area contributed by atoms with Gasteiger partial charge in [-0.05, 0) is 59.7 Å². The fraction of sp³-hybridized carbons (Fsp3) is 0. The number of thiophene rings is 1. The summed E-state index contributed by atoms with van der Waals surface area (Å²) in [6.45, 7) is 0. The smallest absolute Gasteiger partial charge is 0.0887 e. The van der Waals surface area contributed by atoms with Gasteiger partial charge in [-0.2, -0.15) is 0 Å². The molecule has 0 amide bonds. The molecule has 0 aliphatic heterocycles. The van der Waals surface area contributed by atoms with E-state index in [1.807, 2.05) is 18.2 Å². The average molecular weight is 605 g/mol. The molecule has 0 aliphatic rings. The van der Waals surface area contributed by atoms with Crippen molar-refractivity contribution in [3.63, 3.8) is 0 Å². The van der Waals surface area contributed by atoms with Crippen molar-refractivity contribution < 1.29 is 0 Å². The first-order chi connectivity index (χ1) is 21.8. The minimum absolute atomic E-state index is 0.663. The Morgan fingerprint density at radius 3 is 1.30 bits per heavy atom. The highest BCUT2D eigenvalue weighted by atomic mass is 35.5. The molecule has 0 spiro atoms. The molecular weight excluding hydrogens is 576 g/mol. The van der Waals surface area contributed by atoms with E-state index in [4.69, 9.17) is 11.6 Å². The Balaban J connectivity index is 1.47. The van der Waals surface area contributed by atoms with Gasteiger partial charge in [-0.15, -0.1) is 11.3 Å². The highest BCUT2D eigenvalue weighted by Gasteiger charge is 2.26. The molecule has 1 heterocycles. The van der Waals surface area contributed by atoms with Crippen LogP contribution in [0.15, 0.2) is 175 Å². The standard InChI is InChI=1S/C40H29ClN2S/c41-39-35(42(32-21-10-3-11-22-32)33-23-12-4-13-24-33)27-16-28-36(39)43(34-25-14-5-15-26-34)37-29-44-40(31-19-8-2-9-20-31)38(37)30-17-6-1-7-18-30/h1-29H. The van der Waals surface area contributed by atoms with Crippen LogP contribution in [-0.2, 0) is 0 Å². The maximum absolute atomic E-state index is 7.54. The predicted molar refractivity (Wildman–Crippen MR) is 190 cm³/mol. The summed E-state index contributed by atoms with van der Waals surface area (Å²) in [5.41, 5.74) is 9.52. The largest absolute Gasteiger partial charge is 0.309 e. The van der Waals surface area contributed by atoms with Crippen molar-refractivity contribution in [1.29, 1.82) is 0 Å². The third-order valence-electron chi connectivity index (χ3n) is 7.59. The van der Waals surface area contributed by atoms with Crippen molar-refractivity contribution in [2.45, 2.75) is 0 Å². The summed E-state index contributed by atoms with van der Waals surface area (Å²) in [5, 5.41) is 2.92. The normalized spacial score (nSPS) is 10.8. The lowest BCUT2D eigenvalue weighted by Crippen LogP contribution is -2.14. The van der Waals surface area contributed by atoms with Crippen LogP contribution in [0.4, 0.5) is 34.1 Å². The van der Waals surface area contributed by atoms with Gasteiger partial charge in [-0.25, -0.2) is 0 Å². The number of benzene rings is 6. The first-order valence-corrected chi connectivity index (χ1v) is 15.8. The van der Waals surface area contributed by atoms with E-state index in [9.17, 15) is 0 Å². The van der Waals surface area contributed by atoms with Gasteiger partial charge in [0.15, 0.2) is 0 Å². The molecule has 0 radical (unpaired) electrons. The minimum Gasteiger partial charge on any atom is -0.309 e. The molecule has 212 valence electrons. The van der Waals surface area contributed by atoms with Crippen LogP contribution in [0.3, 0.4) is 0 Å². The fourth-order valence-corrected chi connectivity index (χ4v) is 6.98. The summed E-state index contributed by atoms with van der Waals surface area (Å²) in [5.74, 6) is 0. The fourth-order valence-electron chi connectivity index (χ4n) is 5.62. The molecule has 0 N–H and O–H groups in total.